The van der Waals surface area contributed by atoms with Gasteiger partial charge in [-0.15, -0.1) is 12.4 Å². The van der Waals surface area contributed by atoms with E-state index >= 15 is 0 Å². The average Bonchev–Trinajstić information content (AvgIpc) is 0.722. The first-order valence-corrected chi connectivity index (χ1v) is 2.10. The molecular formula is H10AlCaClO5S. The molecule has 58 valence electrons. The third-order valence-corrected chi connectivity index (χ3v) is 0. The van der Waals surface area contributed by atoms with E-state index in [4.69, 9.17) is 17.5 Å². The molecule has 0 fully saturated rings. The summed E-state index contributed by atoms with van der Waals surface area (Å²) in [6.07, 6.45) is 0. The molecule has 0 bridgehead atoms. The number of hydrogen-bond acceptors (Lipinski definition) is 2. The zero-order valence-electron chi connectivity index (χ0n) is 3.03. The second kappa shape index (κ2) is 12.6. The standard InChI is InChI=1S/Al.Ca.ClH.H2O4S.H2O.5H/c;;;1-5(2,3)4;;;;;;/h;;1H;(H2,1,2,3,4);1H2;;;;;. The second-order valence-electron chi connectivity index (χ2n) is 0.448. The van der Waals surface area contributed by atoms with Crippen LogP contribution in [0.4, 0.5) is 0 Å². The molecule has 0 aromatic rings. The molecule has 0 amide bonds. The molecule has 5 nitrogen and oxygen atoms in total. The molecule has 0 heterocycles. The van der Waals surface area contributed by atoms with E-state index in [-0.39, 0.29) is 73.0 Å². The molecule has 0 aromatic carbocycles. The predicted molar refractivity (Wildman–Crippen MR) is 43.5 cm³/mol. The molecule has 0 saturated heterocycles. The molecule has 0 aliphatic heterocycles. The fraction of sp³-hybridized carbons (Fsp3) is 0. The summed E-state index contributed by atoms with van der Waals surface area (Å²) in [7, 11) is -4.67. The Kier molecular flexibility index (Phi) is 42.9. The van der Waals surface area contributed by atoms with Gasteiger partial charge in [-0.05, 0) is 0 Å². The molecule has 9 heavy (non-hydrogen) atoms. The van der Waals surface area contributed by atoms with Crippen molar-refractivity contribution >= 4 is 77.9 Å². The minimum absolute atomic E-state index is 0. The fourth-order valence-electron chi connectivity index (χ4n) is 0. The van der Waals surface area contributed by atoms with Crippen molar-refractivity contribution in [3.8, 4) is 0 Å². The molecule has 0 aliphatic carbocycles. The number of rotatable bonds is 0. The van der Waals surface area contributed by atoms with E-state index < -0.39 is 10.4 Å². The summed E-state index contributed by atoms with van der Waals surface area (Å²) in [5, 5.41) is 0. The Balaban J connectivity index is -0.0000000133. The Morgan fingerprint density at radius 1 is 1.11 bits per heavy atom. The van der Waals surface area contributed by atoms with Crippen molar-refractivity contribution < 1.29 is 23.0 Å². The first-order chi connectivity index (χ1) is 2.00. The molecule has 0 radical (unpaired) electrons. The van der Waals surface area contributed by atoms with Gasteiger partial charge < -0.3 is 5.48 Å². The normalized spacial score (nSPS) is 6.44. The van der Waals surface area contributed by atoms with Crippen LogP contribution >= 0.6 is 12.4 Å². The Hall–Kier alpha value is 1.91. The summed E-state index contributed by atoms with van der Waals surface area (Å²) in [6.45, 7) is 0. The molecule has 4 N–H and O–H groups in total. The van der Waals surface area contributed by atoms with E-state index in [9.17, 15) is 0 Å². The van der Waals surface area contributed by atoms with Gasteiger partial charge in [0.05, 0.1) is 0 Å². The SMILES string of the molecule is Cl.O.O=S(=O)(O)O.[AlH3].[CaH2]. The zero-order chi connectivity index (χ0) is 4.50. The molecule has 0 atom stereocenters. The van der Waals surface area contributed by atoms with Crippen LogP contribution in [0.15, 0.2) is 0 Å². The third-order valence-electron chi connectivity index (χ3n) is 0. The van der Waals surface area contributed by atoms with Crippen LogP contribution in [-0.2, 0) is 10.4 Å². The molecule has 0 rings (SSSR count). The fourth-order valence-corrected chi connectivity index (χ4v) is 0. The van der Waals surface area contributed by atoms with Crippen LogP contribution in [0.1, 0.15) is 0 Å². The molecule has 9 heteroatoms. The van der Waals surface area contributed by atoms with Gasteiger partial charge in [0.1, 0.15) is 0 Å². The molecule has 0 saturated carbocycles. The van der Waals surface area contributed by atoms with Crippen molar-refractivity contribution in [2.24, 2.45) is 0 Å². The van der Waals surface area contributed by atoms with Crippen LogP contribution in [0.5, 0.6) is 0 Å². The maximum absolute atomic E-state index is 8.74. The van der Waals surface area contributed by atoms with Crippen LogP contribution in [0.2, 0.25) is 0 Å². The van der Waals surface area contributed by atoms with E-state index in [2.05, 4.69) is 0 Å². The van der Waals surface area contributed by atoms with Crippen LogP contribution in [0, 0.1) is 0 Å². The monoisotopic (exact) mass is 224 g/mol. The molecular weight excluding hydrogens is 215 g/mol. The van der Waals surface area contributed by atoms with E-state index in [0.717, 1.165) is 0 Å². The molecule has 0 aliphatic rings. The Morgan fingerprint density at radius 3 is 1.11 bits per heavy atom. The van der Waals surface area contributed by atoms with E-state index in [0.29, 0.717) is 0 Å². The summed E-state index contributed by atoms with van der Waals surface area (Å²) in [4.78, 5) is 0. The van der Waals surface area contributed by atoms with E-state index in [1.807, 2.05) is 0 Å². The van der Waals surface area contributed by atoms with Gasteiger partial charge in [0.25, 0.3) is 0 Å². The first kappa shape index (κ1) is 30.7. The Morgan fingerprint density at radius 2 is 1.11 bits per heavy atom. The molecule has 0 spiro atoms. The summed E-state index contributed by atoms with van der Waals surface area (Å²) in [5.74, 6) is 0. The van der Waals surface area contributed by atoms with Gasteiger partial charge in [0.15, 0.2) is 17.4 Å². The van der Waals surface area contributed by atoms with Crippen molar-refractivity contribution in [3.05, 3.63) is 0 Å². The van der Waals surface area contributed by atoms with Crippen molar-refractivity contribution in [3.63, 3.8) is 0 Å². The quantitative estimate of drug-likeness (QED) is 0.335. The van der Waals surface area contributed by atoms with Crippen LogP contribution in [0.3, 0.4) is 0 Å². The summed E-state index contributed by atoms with van der Waals surface area (Å²) >= 11 is 0. The zero-order valence-corrected chi connectivity index (χ0v) is 4.66. The van der Waals surface area contributed by atoms with Crippen molar-refractivity contribution in [2.45, 2.75) is 0 Å². The number of hydrogen-bond donors (Lipinski definition) is 2. The topological polar surface area (TPSA) is 106 Å². The van der Waals surface area contributed by atoms with Gasteiger partial charge in [-0.1, -0.05) is 0 Å². The maximum atomic E-state index is 8.74. The van der Waals surface area contributed by atoms with Crippen LogP contribution < -0.4 is 0 Å². The minimum atomic E-state index is -4.67. The first-order valence-electron chi connectivity index (χ1n) is 0.698. The van der Waals surface area contributed by atoms with E-state index in [1.54, 1.807) is 0 Å². The average molecular weight is 225 g/mol. The predicted octanol–water partition coefficient (Wildman–Crippen LogP) is -3.16. The molecule has 0 aromatic heterocycles. The van der Waals surface area contributed by atoms with Crippen molar-refractivity contribution in [1.82, 2.24) is 0 Å². The Labute approximate surface area is 99.6 Å². The van der Waals surface area contributed by atoms with Gasteiger partial charge >= 0.3 is 48.1 Å². The van der Waals surface area contributed by atoms with Gasteiger partial charge in [0, 0.05) is 0 Å². The van der Waals surface area contributed by atoms with Gasteiger partial charge in [-0.25, -0.2) is 0 Å². The Bertz CT molecular complexity index is 100. The van der Waals surface area contributed by atoms with E-state index in [1.165, 1.54) is 0 Å². The van der Waals surface area contributed by atoms with Gasteiger partial charge in [-0.3, -0.25) is 9.11 Å². The summed E-state index contributed by atoms with van der Waals surface area (Å²) < 4.78 is 31.6. The van der Waals surface area contributed by atoms with Crippen molar-refractivity contribution in [2.75, 3.05) is 0 Å². The van der Waals surface area contributed by atoms with Gasteiger partial charge in [0.2, 0.25) is 0 Å². The molecule has 0 unspecified atom stereocenters. The van der Waals surface area contributed by atoms with Gasteiger partial charge in [-0.2, -0.15) is 8.42 Å². The van der Waals surface area contributed by atoms with Crippen LogP contribution in [0.25, 0.3) is 0 Å². The number of halogens is 1. The van der Waals surface area contributed by atoms with Crippen LogP contribution in [-0.4, -0.2) is 78.1 Å². The summed E-state index contributed by atoms with van der Waals surface area (Å²) in [5.41, 5.74) is 0. The summed E-state index contributed by atoms with van der Waals surface area (Å²) in [6, 6.07) is 0. The third kappa shape index (κ3) is 170. The second-order valence-corrected chi connectivity index (χ2v) is 1.34. The van der Waals surface area contributed by atoms with Crippen molar-refractivity contribution in [1.29, 1.82) is 0 Å².